The lowest BCUT2D eigenvalue weighted by atomic mass is 9.94. The van der Waals surface area contributed by atoms with Crippen molar-refractivity contribution < 1.29 is 23.0 Å². The Morgan fingerprint density at radius 2 is 1.96 bits per heavy atom. The Morgan fingerprint density at radius 1 is 1.21 bits per heavy atom. The molecule has 3 rings (SSSR count). The van der Waals surface area contributed by atoms with Crippen LogP contribution < -0.4 is 10.3 Å². The van der Waals surface area contributed by atoms with Crippen LogP contribution in [0.25, 0.3) is 28.1 Å². The predicted molar refractivity (Wildman–Crippen MR) is 103 cm³/mol. The van der Waals surface area contributed by atoms with Gasteiger partial charge in [0.25, 0.3) is 5.56 Å². The average molecular weight is 410 g/mol. The molecule has 0 aliphatic heterocycles. The van der Waals surface area contributed by atoms with Crippen molar-refractivity contribution in [3.63, 3.8) is 0 Å². The van der Waals surface area contributed by atoms with E-state index in [0.717, 1.165) is 12.1 Å². The lowest BCUT2D eigenvalue weighted by Crippen LogP contribution is -2.13. The molecule has 0 aliphatic rings. The Labute approximate surface area is 162 Å². The van der Waals surface area contributed by atoms with Gasteiger partial charge in [-0.1, -0.05) is 23.8 Å². The molecule has 2 N–H and O–H groups in total. The Bertz CT molecular complexity index is 1120. The summed E-state index contributed by atoms with van der Waals surface area (Å²) < 4.78 is 45.2. The largest absolute Gasteiger partial charge is 0.496 e. The van der Waals surface area contributed by atoms with Crippen LogP contribution >= 0.6 is 11.6 Å². The number of methoxy groups -OCH3 is 1. The fourth-order valence-corrected chi connectivity index (χ4v) is 3.15. The smallest absolute Gasteiger partial charge is 0.416 e. The molecule has 0 saturated heterocycles. The fourth-order valence-electron chi connectivity index (χ4n) is 2.98. The molecular formula is C20H15ClF3NO3. The molecule has 28 heavy (non-hydrogen) atoms. The van der Waals surface area contributed by atoms with E-state index >= 15 is 0 Å². The molecule has 1 aromatic heterocycles. The Morgan fingerprint density at radius 3 is 2.61 bits per heavy atom. The topological polar surface area (TPSA) is 62.3 Å². The number of benzene rings is 2. The second kappa shape index (κ2) is 7.69. The van der Waals surface area contributed by atoms with E-state index in [1.165, 1.54) is 31.4 Å². The third-order valence-corrected chi connectivity index (χ3v) is 4.43. The number of hydrogen-bond donors (Lipinski definition) is 2. The normalized spacial score (nSPS) is 12.1. The predicted octanol–water partition coefficient (Wildman–Crippen LogP) is 4.88. The van der Waals surface area contributed by atoms with Crippen LogP contribution in [0.15, 0.2) is 47.3 Å². The first-order valence-corrected chi connectivity index (χ1v) is 8.52. The van der Waals surface area contributed by atoms with Crippen molar-refractivity contribution in [3.8, 4) is 16.9 Å². The molecule has 8 heteroatoms. The molecule has 0 spiro atoms. The number of ether oxygens (including phenoxy) is 1. The number of aromatic nitrogens is 1. The highest BCUT2D eigenvalue weighted by Gasteiger charge is 2.31. The van der Waals surface area contributed by atoms with Gasteiger partial charge in [-0.15, -0.1) is 0 Å². The first kappa shape index (κ1) is 20.0. The number of aliphatic hydroxyl groups excluding tert-OH is 1. The fraction of sp³-hybridized carbons (Fsp3) is 0.150. The summed E-state index contributed by atoms with van der Waals surface area (Å²) in [5.74, 6) is 0.340. The Balaban J connectivity index is 2.50. The minimum absolute atomic E-state index is 0.0847. The molecule has 4 nitrogen and oxygen atoms in total. The van der Waals surface area contributed by atoms with Gasteiger partial charge in [-0.05, 0) is 36.4 Å². The number of hydrogen-bond acceptors (Lipinski definition) is 3. The second-order valence-electron chi connectivity index (χ2n) is 5.93. The van der Waals surface area contributed by atoms with Crippen LogP contribution in [0, 0.1) is 0 Å². The van der Waals surface area contributed by atoms with E-state index in [4.69, 9.17) is 21.4 Å². The van der Waals surface area contributed by atoms with Gasteiger partial charge in [0.05, 0.1) is 19.3 Å². The molecule has 0 bridgehead atoms. The third kappa shape index (κ3) is 3.76. The standard InChI is InChI=1S/C20H15ClF3NO3/c1-28-17-7-5-12(21)10-15(17)18-13(3-2-8-26)19(27)25-16-6-4-11(9-14(16)18)20(22,23)24/h2-7,9-10,26H,8H2,1H3,(H,25,27)/b3-2+. The van der Waals surface area contributed by atoms with Crippen molar-refractivity contribution in [2.24, 2.45) is 0 Å². The number of aromatic amines is 1. The van der Waals surface area contributed by atoms with Gasteiger partial charge in [0, 0.05) is 32.6 Å². The molecule has 0 amide bonds. The van der Waals surface area contributed by atoms with Crippen LogP contribution in [0.5, 0.6) is 5.75 Å². The molecule has 2 aromatic carbocycles. The summed E-state index contributed by atoms with van der Waals surface area (Å²) in [4.78, 5) is 15.2. The number of fused-ring (bicyclic) bond motifs is 1. The van der Waals surface area contributed by atoms with Gasteiger partial charge in [-0.25, -0.2) is 0 Å². The van der Waals surface area contributed by atoms with Crippen molar-refractivity contribution >= 4 is 28.6 Å². The molecule has 0 aliphatic carbocycles. The molecule has 0 atom stereocenters. The highest BCUT2D eigenvalue weighted by molar-refractivity contribution is 6.31. The molecule has 0 unspecified atom stereocenters. The number of halogens is 4. The van der Waals surface area contributed by atoms with Crippen LogP contribution in [0.4, 0.5) is 13.2 Å². The van der Waals surface area contributed by atoms with E-state index < -0.39 is 17.3 Å². The van der Waals surface area contributed by atoms with Gasteiger partial charge in [0.15, 0.2) is 0 Å². The highest BCUT2D eigenvalue weighted by Crippen LogP contribution is 2.40. The first-order valence-electron chi connectivity index (χ1n) is 8.14. The summed E-state index contributed by atoms with van der Waals surface area (Å²) in [6, 6.07) is 7.74. The number of rotatable bonds is 4. The van der Waals surface area contributed by atoms with Gasteiger partial charge in [-0.3, -0.25) is 4.79 Å². The summed E-state index contributed by atoms with van der Waals surface area (Å²) in [5, 5.41) is 9.60. The zero-order valence-corrected chi connectivity index (χ0v) is 15.4. The van der Waals surface area contributed by atoms with E-state index in [2.05, 4.69) is 4.98 Å². The maximum Gasteiger partial charge on any atom is 0.416 e. The quantitative estimate of drug-likeness (QED) is 0.645. The third-order valence-electron chi connectivity index (χ3n) is 4.20. The summed E-state index contributed by atoms with van der Waals surface area (Å²) in [6.07, 6.45) is -1.88. The summed E-state index contributed by atoms with van der Waals surface area (Å²) >= 11 is 6.10. The molecule has 1 heterocycles. The lowest BCUT2D eigenvalue weighted by Gasteiger charge is -2.16. The first-order chi connectivity index (χ1) is 13.3. The summed E-state index contributed by atoms with van der Waals surface area (Å²) in [7, 11) is 1.41. The maximum absolute atomic E-state index is 13.3. The van der Waals surface area contributed by atoms with Crippen LogP contribution in [0.2, 0.25) is 5.02 Å². The number of pyridine rings is 1. The van der Waals surface area contributed by atoms with Gasteiger partial charge >= 0.3 is 6.18 Å². The van der Waals surface area contributed by atoms with Crippen molar-refractivity contribution in [2.45, 2.75) is 6.18 Å². The number of aliphatic hydroxyl groups is 1. The van der Waals surface area contributed by atoms with Crippen LogP contribution in [0.3, 0.4) is 0 Å². The molecular weight excluding hydrogens is 395 g/mol. The average Bonchev–Trinajstić information content (AvgIpc) is 2.64. The highest BCUT2D eigenvalue weighted by atomic mass is 35.5. The van der Waals surface area contributed by atoms with Gasteiger partial charge in [0.2, 0.25) is 0 Å². The molecule has 0 fully saturated rings. The van der Waals surface area contributed by atoms with Crippen LogP contribution in [-0.2, 0) is 6.18 Å². The minimum atomic E-state index is -4.55. The zero-order valence-electron chi connectivity index (χ0n) is 14.6. The SMILES string of the molecule is COc1ccc(Cl)cc1-c1c(/C=C/CO)c(=O)[nH]c2ccc(C(F)(F)F)cc12. The number of alkyl halides is 3. The molecule has 146 valence electrons. The maximum atomic E-state index is 13.3. The molecule has 3 aromatic rings. The van der Waals surface area contributed by atoms with Crippen LogP contribution in [0.1, 0.15) is 11.1 Å². The van der Waals surface area contributed by atoms with E-state index in [1.54, 1.807) is 12.1 Å². The van der Waals surface area contributed by atoms with Crippen molar-refractivity contribution in [2.75, 3.05) is 13.7 Å². The van der Waals surface area contributed by atoms with Gasteiger partial charge in [-0.2, -0.15) is 13.2 Å². The van der Waals surface area contributed by atoms with E-state index in [-0.39, 0.29) is 28.6 Å². The monoisotopic (exact) mass is 409 g/mol. The molecule has 0 saturated carbocycles. The number of H-pyrrole nitrogens is 1. The van der Waals surface area contributed by atoms with Crippen molar-refractivity contribution in [1.29, 1.82) is 0 Å². The second-order valence-corrected chi connectivity index (χ2v) is 6.37. The lowest BCUT2D eigenvalue weighted by molar-refractivity contribution is -0.137. The van der Waals surface area contributed by atoms with E-state index in [0.29, 0.717) is 16.3 Å². The summed E-state index contributed by atoms with van der Waals surface area (Å²) in [6.45, 7) is -0.341. The Hall–Kier alpha value is -2.77. The van der Waals surface area contributed by atoms with Crippen LogP contribution in [-0.4, -0.2) is 23.8 Å². The van der Waals surface area contributed by atoms with E-state index in [9.17, 15) is 18.0 Å². The van der Waals surface area contributed by atoms with Gasteiger partial charge in [0.1, 0.15) is 5.75 Å². The van der Waals surface area contributed by atoms with E-state index in [1.807, 2.05) is 0 Å². The minimum Gasteiger partial charge on any atom is -0.496 e. The molecule has 0 radical (unpaired) electrons. The summed E-state index contributed by atoms with van der Waals surface area (Å²) in [5.41, 5.74) is -0.463. The zero-order chi connectivity index (χ0) is 20.5. The number of nitrogens with one attached hydrogen (secondary N) is 1. The van der Waals surface area contributed by atoms with Gasteiger partial charge < -0.3 is 14.8 Å². The van der Waals surface area contributed by atoms with Crippen molar-refractivity contribution in [3.05, 3.63) is 69.0 Å². The Kier molecular flexibility index (Phi) is 5.49. The van der Waals surface area contributed by atoms with Crippen molar-refractivity contribution in [1.82, 2.24) is 4.98 Å².